The summed E-state index contributed by atoms with van der Waals surface area (Å²) >= 11 is 2.51. The lowest BCUT2D eigenvalue weighted by atomic mass is 9.74. The average molecular weight is 664 g/mol. The third-order valence-corrected chi connectivity index (χ3v) is 14.9. The lowest BCUT2D eigenvalue weighted by Crippen LogP contribution is -2.44. The van der Waals surface area contributed by atoms with Crippen LogP contribution in [0.25, 0.3) is 0 Å². The van der Waals surface area contributed by atoms with Crippen LogP contribution in [0.1, 0.15) is 126 Å². The van der Waals surface area contributed by atoms with Gasteiger partial charge in [-0.3, -0.25) is 4.98 Å². The number of rotatable bonds is 5. The molecule has 4 nitrogen and oxygen atoms in total. The Labute approximate surface area is 252 Å². The molecule has 1 aromatic heterocycles. The van der Waals surface area contributed by atoms with Crippen LogP contribution in [-0.2, 0) is 21.0 Å². The molecule has 2 aromatic rings. The summed E-state index contributed by atoms with van der Waals surface area (Å²) in [6, 6.07) is 8.52. The van der Waals surface area contributed by atoms with Gasteiger partial charge in [-0.1, -0.05) is 79.7 Å². The summed E-state index contributed by atoms with van der Waals surface area (Å²) in [5.74, 6) is 0.292. The number of hydrogen-bond donors (Lipinski definition) is 1. The highest BCUT2D eigenvalue weighted by atomic mass is 127. The fourth-order valence-corrected chi connectivity index (χ4v) is 8.24. The summed E-state index contributed by atoms with van der Waals surface area (Å²) in [6.07, 6.45) is 3.04. The Balaban J connectivity index is 1.88. The standard InChI is InChI=1S/C33H50INO3Si/c1-31(2,3)23-13-11-22(12-14-23)30(36)27-28(34)26-24(35-29(27)21-15-17-37-18-16-21)19-33(7,8)20-25(26)38-39(9,10)32(4,5)6/h11-14,21,25,30,36H,15-20H2,1-10H3/t25?,30-/m0/s1. The van der Waals surface area contributed by atoms with E-state index in [2.05, 4.69) is 115 Å². The van der Waals surface area contributed by atoms with Crippen molar-refractivity contribution in [2.24, 2.45) is 5.41 Å². The van der Waals surface area contributed by atoms with Gasteiger partial charge in [-0.25, -0.2) is 0 Å². The molecule has 1 saturated heterocycles. The number of halogens is 1. The Morgan fingerprint density at radius 3 is 2.18 bits per heavy atom. The first kappa shape index (κ1) is 31.1. The molecule has 0 saturated carbocycles. The molecule has 0 bridgehead atoms. The molecule has 0 spiro atoms. The van der Waals surface area contributed by atoms with Crippen LogP contribution in [0.15, 0.2) is 24.3 Å². The van der Waals surface area contributed by atoms with Gasteiger partial charge in [-0.05, 0) is 88.4 Å². The highest BCUT2D eigenvalue weighted by Crippen LogP contribution is 2.50. The van der Waals surface area contributed by atoms with Crippen molar-refractivity contribution in [1.82, 2.24) is 4.98 Å². The molecule has 1 N–H and O–H groups in total. The molecule has 1 unspecified atom stereocenters. The maximum absolute atomic E-state index is 12.0. The lowest BCUT2D eigenvalue weighted by Gasteiger charge is -2.45. The van der Waals surface area contributed by atoms with Gasteiger partial charge in [0.2, 0.25) is 0 Å². The normalized spacial score (nSPS) is 21.5. The summed E-state index contributed by atoms with van der Waals surface area (Å²) in [7, 11) is -2.04. The molecular formula is C33H50INO3Si. The highest BCUT2D eigenvalue weighted by Gasteiger charge is 2.44. The largest absolute Gasteiger partial charge is 0.410 e. The Bertz CT molecular complexity index is 1170. The van der Waals surface area contributed by atoms with Gasteiger partial charge in [0, 0.05) is 39.5 Å². The first-order valence-electron chi connectivity index (χ1n) is 14.7. The third kappa shape index (κ3) is 6.66. The topological polar surface area (TPSA) is 51.6 Å². The molecule has 1 aromatic carbocycles. The van der Waals surface area contributed by atoms with Crippen molar-refractivity contribution in [2.45, 2.75) is 123 Å². The van der Waals surface area contributed by atoms with E-state index in [-0.39, 0.29) is 22.0 Å². The molecule has 1 aliphatic carbocycles. The van der Waals surface area contributed by atoms with Crippen molar-refractivity contribution in [3.63, 3.8) is 0 Å². The number of nitrogens with zero attached hydrogens (tertiary/aromatic N) is 1. The number of hydrogen-bond acceptors (Lipinski definition) is 4. The van der Waals surface area contributed by atoms with Gasteiger partial charge in [-0.2, -0.15) is 0 Å². The number of benzene rings is 1. The second kappa shape index (κ2) is 11.1. The van der Waals surface area contributed by atoms with Gasteiger partial charge in [0.1, 0.15) is 6.10 Å². The van der Waals surface area contributed by atoms with E-state index in [1.807, 2.05) is 0 Å². The summed E-state index contributed by atoms with van der Waals surface area (Å²) in [4.78, 5) is 5.45. The van der Waals surface area contributed by atoms with Crippen LogP contribution in [-0.4, -0.2) is 31.6 Å². The molecular weight excluding hydrogens is 613 g/mol. The molecule has 2 aliphatic rings. The fourth-order valence-electron chi connectivity index (χ4n) is 5.75. The second-order valence-corrected chi connectivity index (χ2v) is 21.0. The molecule has 39 heavy (non-hydrogen) atoms. The molecule has 2 heterocycles. The SMILES string of the molecule is CC1(C)Cc2nc(C3CCOCC3)c([C@@H](O)c3ccc(C(C)(C)C)cc3)c(I)c2C(O[Si](C)(C)C(C)(C)C)C1. The summed E-state index contributed by atoms with van der Waals surface area (Å²) in [5, 5.41) is 12.1. The Hall–Kier alpha value is -0.803. The zero-order valence-corrected chi connectivity index (χ0v) is 29.0. The van der Waals surface area contributed by atoms with Gasteiger partial charge in [0.05, 0.1) is 11.8 Å². The number of ether oxygens (including phenoxy) is 1. The van der Waals surface area contributed by atoms with E-state index in [0.717, 1.165) is 59.3 Å². The summed E-state index contributed by atoms with van der Waals surface area (Å²) in [5.41, 5.74) is 6.80. The molecule has 2 atom stereocenters. The van der Waals surface area contributed by atoms with Crippen molar-refractivity contribution in [1.29, 1.82) is 0 Å². The average Bonchev–Trinajstić information content (AvgIpc) is 2.81. The van der Waals surface area contributed by atoms with Crippen LogP contribution >= 0.6 is 22.6 Å². The van der Waals surface area contributed by atoms with Gasteiger partial charge >= 0.3 is 0 Å². The third-order valence-electron chi connectivity index (χ3n) is 9.24. The Kier molecular flexibility index (Phi) is 8.88. The van der Waals surface area contributed by atoms with E-state index in [0.29, 0.717) is 5.92 Å². The molecule has 0 amide bonds. The zero-order valence-electron chi connectivity index (χ0n) is 25.9. The van der Waals surface area contributed by atoms with Crippen molar-refractivity contribution in [3.05, 3.63) is 61.5 Å². The predicted octanol–water partition coefficient (Wildman–Crippen LogP) is 8.99. The Morgan fingerprint density at radius 2 is 1.64 bits per heavy atom. The van der Waals surface area contributed by atoms with Gasteiger partial charge in [-0.15, -0.1) is 0 Å². The van der Waals surface area contributed by atoms with Crippen LogP contribution in [0.2, 0.25) is 18.1 Å². The molecule has 0 radical (unpaired) electrons. The molecule has 1 aliphatic heterocycles. The molecule has 6 heteroatoms. The van der Waals surface area contributed by atoms with Crippen LogP contribution in [0, 0.1) is 8.99 Å². The summed E-state index contributed by atoms with van der Waals surface area (Å²) in [6.45, 7) is 24.5. The Morgan fingerprint density at radius 1 is 1.05 bits per heavy atom. The highest BCUT2D eigenvalue weighted by molar-refractivity contribution is 14.1. The second-order valence-electron chi connectivity index (χ2n) is 15.2. The van der Waals surface area contributed by atoms with Crippen molar-refractivity contribution < 1.29 is 14.3 Å². The van der Waals surface area contributed by atoms with E-state index in [1.54, 1.807) is 0 Å². The molecule has 216 valence electrons. The van der Waals surface area contributed by atoms with E-state index >= 15 is 0 Å². The van der Waals surface area contributed by atoms with Crippen molar-refractivity contribution >= 4 is 30.9 Å². The van der Waals surface area contributed by atoms with Gasteiger partial charge < -0.3 is 14.3 Å². The number of aromatic nitrogens is 1. The predicted molar refractivity (Wildman–Crippen MR) is 172 cm³/mol. The number of aliphatic hydroxyl groups excluding tert-OH is 1. The molecule has 1 fully saturated rings. The van der Waals surface area contributed by atoms with E-state index in [4.69, 9.17) is 14.1 Å². The zero-order chi connectivity index (χ0) is 29.0. The van der Waals surface area contributed by atoms with Crippen LogP contribution in [0.4, 0.5) is 0 Å². The summed E-state index contributed by atoms with van der Waals surface area (Å²) < 4.78 is 14.0. The lowest BCUT2D eigenvalue weighted by molar-refractivity contribution is 0.0827. The van der Waals surface area contributed by atoms with Crippen LogP contribution < -0.4 is 0 Å². The van der Waals surface area contributed by atoms with Crippen LogP contribution in [0.3, 0.4) is 0 Å². The van der Waals surface area contributed by atoms with Gasteiger partial charge in [0.15, 0.2) is 8.32 Å². The van der Waals surface area contributed by atoms with E-state index in [9.17, 15) is 5.11 Å². The van der Waals surface area contributed by atoms with Gasteiger partial charge in [0.25, 0.3) is 0 Å². The minimum atomic E-state index is -2.04. The number of fused-ring (bicyclic) bond motifs is 1. The maximum Gasteiger partial charge on any atom is 0.192 e. The minimum absolute atomic E-state index is 0.0120. The fraction of sp³-hybridized carbons (Fsp3) is 0.667. The first-order chi connectivity index (χ1) is 17.9. The number of pyridine rings is 1. The quantitative estimate of drug-likeness (QED) is 0.256. The smallest absolute Gasteiger partial charge is 0.192 e. The molecule has 4 rings (SSSR count). The van der Waals surface area contributed by atoms with Crippen molar-refractivity contribution in [3.8, 4) is 0 Å². The van der Waals surface area contributed by atoms with Crippen LogP contribution in [0.5, 0.6) is 0 Å². The maximum atomic E-state index is 12.0. The number of aliphatic hydroxyl groups is 1. The first-order valence-corrected chi connectivity index (χ1v) is 18.7. The minimum Gasteiger partial charge on any atom is -0.410 e. The van der Waals surface area contributed by atoms with E-state index in [1.165, 1.54) is 16.8 Å². The van der Waals surface area contributed by atoms with Crippen molar-refractivity contribution in [2.75, 3.05) is 13.2 Å². The van der Waals surface area contributed by atoms with E-state index < -0.39 is 14.4 Å². The monoisotopic (exact) mass is 663 g/mol.